The molecule has 148 valence electrons. The Morgan fingerprint density at radius 2 is 1.70 bits per heavy atom. The van der Waals surface area contributed by atoms with Crippen LogP contribution in [-0.4, -0.2) is 50.2 Å². The first-order valence-corrected chi connectivity index (χ1v) is 10.5. The number of morpholine rings is 1. The Labute approximate surface area is 161 Å². The second-order valence-electron chi connectivity index (χ2n) is 8.72. The van der Waals surface area contributed by atoms with Crippen LogP contribution < -0.4 is 5.32 Å². The van der Waals surface area contributed by atoms with Crippen molar-refractivity contribution in [3.63, 3.8) is 0 Å². The summed E-state index contributed by atoms with van der Waals surface area (Å²) >= 11 is 0. The number of ether oxygens (including phenoxy) is 1. The highest BCUT2D eigenvalue weighted by Gasteiger charge is 2.51. The van der Waals surface area contributed by atoms with Crippen molar-refractivity contribution in [2.75, 3.05) is 39.4 Å². The lowest BCUT2D eigenvalue weighted by atomic mass is 9.73. The van der Waals surface area contributed by atoms with Crippen molar-refractivity contribution >= 4 is 5.91 Å². The van der Waals surface area contributed by atoms with Crippen LogP contribution in [0.1, 0.15) is 50.5 Å². The van der Waals surface area contributed by atoms with Crippen LogP contribution in [-0.2, 0) is 14.9 Å². The smallest absolute Gasteiger partial charge is 0.230 e. The molecule has 1 aromatic carbocycles. The molecule has 1 aromatic rings. The summed E-state index contributed by atoms with van der Waals surface area (Å²) in [6.07, 6.45) is 7.91. The van der Waals surface area contributed by atoms with Gasteiger partial charge in [0.1, 0.15) is 5.82 Å². The van der Waals surface area contributed by atoms with E-state index in [4.69, 9.17) is 4.74 Å². The van der Waals surface area contributed by atoms with Crippen LogP contribution >= 0.6 is 0 Å². The van der Waals surface area contributed by atoms with Gasteiger partial charge in [-0.3, -0.25) is 9.69 Å². The van der Waals surface area contributed by atoms with E-state index in [9.17, 15) is 9.18 Å². The molecule has 1 N–H and O–H groups in total. The highest BCUT2D eigenvalue weighted by molar-refractivity contribution is 5.91. The second-order valence-corrected chi connectivity index (χ2v) is 8.72. The lowest BCUT2D eigenvalue weighted by Gasteiger charge is -2.42. The Balaban J connectivity index is 1.41. The maximum Gasteiger partial charge on any atom is 0.230 e. The van der Waals surface area contributed by atoms with Gasteiger partial charge in [-0.1, -0.05) is 31.4 Å². The summed E-state index contributed by atoms with van der Waals surface area (Å²) in [7, 11) is 0. The van der Waals surface area contributed by atoms with Gasteiger partial charge in [0.2, 0.25) is 5.91 Å². The molecule has 3 fully saturated rings. The number of nitrogens with zero attached hydrogens (tertiary/aromatic N) is 1. The van der Waals surface area contributed by atoms with E-state index in [0.717, 1.165) is 57.8 Å². The van der Waals surface area contributed by atoms with E-state index in [1.54, 1.807) is 12.1 Å². The normalized spacial score (nSPS) is 24.3. The van der Waals surface area contributed by atoms with Gasteiger partial charge in [-0.2, -0.15) is 0 Å². The topological polar surface area (TPSA) is 41.6 Å². The molecule has 5 heteroatoms. The van der Waals surface area contributed by atoms with Gasteiger partial charge in [0.25, 0.3) is 0 Å². The van der Waals surface area contributed by atoms with E-state index >= 15 is 0 Å². The van der Waals surface area contributed by atoms with Crippen molar-refractivity contribution in [1.82, 2.24) is 10.2 Å². The molecule has 0 aromatic heterocycles. The first-order valence-electron chi connectivity index (χ1n) is 10.5. The summed E-state index contributed by atoms with van der Waals surface area (Å²) in [5, 5.41) is 3.31. The van der Waals surface area contributed by atoms with Crippen molar-refractivity contribution < 1.29 is 13.9 Å². The quantitative estimate of drug-likeness (QED) is 0.831. The predicted octanol–water partition coefficient (Wildman–Crippen LogP) is 3.26. The lowest BCUT2D eigenvalue weighted by Crippen LogP contribution is -2.50. The van der Waals surface area contributed by atoms with Crippen LogP contribution in [0.5, 0.6) is 0 Å². The third kappa shape index (κ3) is 4.19. The fraction of sp³-hybridized carbons (Fsp3) is 0.682. The van der Waals surface area contributed by atoms with E-state index < -0.39 is 5.41 Å². The van der Waals surface area contributed by atoms with Crippen LogP contribution in [0.25, 0.3) is 0 Å². The number of hydrogen-bond acceptors (Lipinski definition) is 3. The molecule has 27 heavy (non-hydrogen) atoms. The monoisotopic (exact) mass is 374 g/mol. The largest absolute Gasteiger partial charge is 0.379 e. The number of carbonyl (C=O) groups is 1. The Hall–Kier alpha value is -1.46. The van der Waals surface area contributed by atoms with Crippen molar-refractivity contribution in [2.45, 2.75) is 50.4 Å². The van der Waals surface area contributed by atoms with Gasteiger partial charge >= 0.3 is 0 Å². The van der Waals surface area contributed by atoms with Gasteiger partial charge < -0.3 is 10.1 Å². The predicted molar refractivity (Wildman–Crippen MR) is 103 cm³/mol. The first kappa shape index (κ1) is 18.9. The Morgan fingerprint density at radius 3 is 2.33 bits per heavy atom. The maximum atomic E-state index is 13.2. The summed E-state index contributed by atoms with van der Waals surface area (Å²) < 4.78 is 18.7. The Bertz CT molecular complexity index is 645. The van der Waals surface area contributed by atoms with Crippen LogP contribution in [0.15, 0.2) is 24.3 Å². The van der Waals surface area contributed by atoms with Crippen molar-refractivity contribution in [1.29, 1.82) is 0 Å². The summed E-state index contributed by atoms with van der Waals surface area (Å²) in [5.74, 6) is -0.123. The number of hydrogen-bond donors (Lipinski definition) is 1. The second kappa shape index (κ2) is 7.88. The molecule has 0 unspecified atom stereocenters. The third-order valence-corrected chi connectivity index (χ3v) is 6.78. The minimum atomic E-state index is -0.428. The Morgan fingerprint density at radius 1 is 1.04 bits per heavy atom. The number of benzene rings is 1. The molecule has 1 amide bonds. The summed E-state index contributed by atoms with van der Waals surface area (Å²) in [5.41, 5.74) is 0.708. The zero-order valence-corrected chi connectivity index (χ0v) is 16.1. The molecule has 2 aliphatic carbocycles. The van der Waals surface area contributed by atoms with Gasteiger partial charge in [-0.15, -0.1) is 0 Å². The molecule has 4 nitrogen and oxygen atoms in total. The van der Waals surface area contributed by atoms with Crippen LogP contribution in [0.2, 0.25) is 0 Å². The van der Waals surface area contributed by atoms with E-state index in [-0.39, 0.29) is 17.1 Å². The fourth-order valence-corrected chi connectivity index (χ4v) is 4.90. The average molecular weight is 375 g/mol. The average Bonchev–Trinajstić information content (AvgIpc) is 3.50. The highest BCUT2D eigenvalue weighted by atomic mass is 19.1. The minimum Gasteiger partial charge on any atom is -0.379 e. The SMILES string of the molecule is O=C(NCC1(CN2CCOCC2)CCCCC1)C1(c2ccc(F)cc2)CC1. The van der Waals surface area contributed by atoms with Gasteiger partial charge in [-0.25, -0.2) is 4.39 Å². The summed E-state index contributed by atoms with van der Waals surface area (Å²) in [6, 6.07) is 6.46. The molecular weight excluding hydrogens is 343 g/mol. The molecule has 2 saturated carbocycles. The van der Waals surface area contributed by atoms with Gasteiger partial charge in [-0.05, 0) is 43.4 Å². The number of amides is 1. The molecule has 1 saturated heterocycles. The third-order valence-electron chi connectivity index (χ3n) is 6.78. The number of nitrogens with one attached hydrogen (secondary N) is 1. The van der Waals surface area contributed by atoms with Crippen molar-refractivity contribution in [3.05, 3.63) is 35.6 Å². The molecule has 0 radical (unpaired) electrons. The summed E-state index contributed by atoms with van der Waals surface area (Å²) in [6.45, 7) is 5.43. The van der Waals surface area contributed by atoms with Crippen molar-refractivity contribution in [2.24, 2.45) is 5.41 Å². The molecular formula is C22H31FN2O2. The molecule has 0 atom stereocenters. The molecule has 1 aliphatic heterocycles. The zero-order chi connectivity index (χ0) is 18.7. The van der Waals surface area contributed by atoms with Crippen LogP contribution in [0.3, 0.4) is 0 Å². The maximum absolute atomic E-state index is 13.2. The Kier molecular flexibility index (Phi) is 5.51. The molecule has 3 aliphatic rings. The molecule has 0 spiro atoms. The fourth-order valence-electron chi connectivity index (χ4n) is 4.90. The highest BCUT2D eigenvalue weighted by Crippen LogP contribution is 2.48. The van der Waals surface area contributed by atoms with E-state index in [2.05, 4.69) is 10.2 Å². The summed E-state index contributed by atoms with van der Waals surface area (Å²) in [4.78, 5) is 15.6. The zero-order valence-electron chi connectivity index (χ0n) is 16.1. The van der Waals surface area contributed by atoms with Crippen LogP contribution in [0, 0.1) is 11.2 Å². The van der Waals surface area contributed by atoms with E-state index in [1.807, 2.05) is 0 Å². The standard InChI is InChI=1S/C22H31FN2O2/c23-19-6-4-18(5-7-19)22(10-11-22)20(26)24-16-21(8-2-1-3-9-21)17-25-12-14-27-15-13-25/h4-7H,1-3,8-17H2,(H,24,26). The van der Waals surface area contributed by atoms with Gasteiger partial charge in [0.15, 0.2) is 0 Å². The molecule has 0 bridgehead atoms. The first-order chi connectivity index (χ1) is 13.1. The van der Waals surface area contributed by atoms with Crippen molar-refractivity contribution in [3.8, 4) is 0 Å². The number of rotatable bonds is 6. The van der Waals surface area contributed by atoms with Crippen LogP contribution in [0.4, 0.5) is 4.39 Å². The van der Waals surface area contributed by atoms with E-state index in [1.165, 1.54) is 44.2 Å². The molecule has 4 rings (SSSR count). The minimum absolute atomic E-state index is 0.126. The van der Waals surface area contributed by atoms with E-state index in [0.29, 0.717) is 0 Å². The van der Waals surface area contributed by atoms with Gasteiger partial charge in [0.05, 0.1) is 18.6 Å². The lowest BCUT2D eigenvalue weighted by molar-refractivity contribution is -0.124. The molecule has 1 heterocycles. The van der Waals surface area contributed by atoms with Gasteiger partial charge in [0, 0.05) is 31.6 Å². The number of halogens is 1. The number of carbonyl (C=O) groups excluding carboxylic acids is 1.